The molecule has 0 aromatic heterocycles. The summed E-state index contributed by atoms with van der Waals surface area (Å²) in [6, 6.07) is 6.63. The molecular formula is C10H8ClF3. The molecule has 0 amide bonds. The molecule has 4 heteroatoms. The summed E-state index contributed by atoms with van der Waals surface area (Å²) < 4.78 is 36.0. The normalized spacial score (nSPS) is 13.1. The largest absolute Gasteiger partial charge is 0.426 e. The first-order valence-corrected chi connectivity index (χ1v) is 4.28. The van der Waals surface area contributed by atoms with Crippen molar-refractivity contribution in [3.05, 3.63) is 40.4 Å². The van der Waals surface area contributed by atoms with Crippen molar-refractivity contribution in [2.24, 2.45) is 0 Å². The number of alkyl halides is 3. The second-order valence-corrected chi connectivity index (χ2v) is 3.31. The Kier molecular flexibility index (Phi) is 3.21. The SMILES string of the molecule is Cc1ccc(C=C(Cl)C(F)(F)F)cc1. The summed E-state index contributed by atoms with van der Waals surface area (Å²) in [5.74, 6) is 0. The molecule has 0 atom stereocenters. The molecule has 0 unspecified atom stereocenters. The van der Waals surface area contributed by atoms with Crippen molar-refractivity contribution in [2.45, 2.75) is 13.1 Å². The number of rotatable bonds is 1. The number of benzene rings is 1. The topological polar surface area (TPSA) is 0 Å². The number of hydrogen-bond acceptors (Lipinski definition) is 0. The molecule has 0 nitrogen and oxygen atoms in total. The van der Waals surface area contributed by atoms with Crippen molar-refractivity contribution in [3.63, 3.8) is 0 Å². The molecule has 0 fully saturated rings. The molecular weight excluding hydrogens is 213 g/mol. The maximum atomic E-state index is 12.0. The van der Waals surface area contributed by atoms with Gasteiger partial charge in [-0.3, -0.25) is 0 Å². The van der Waals surface area contributed by atoms with E-state index >= 15 is 0 Å². The lowest BCUT2D eigenvalue weighted by molar-refractivity contribution is -0.0836. The summed E-state index contributed by atoms with van der Waals surface area (Å²) in [4.78, 5) is 0. The number of halogens is 4. The molecule has 0 saturated heterocycles. The van der Waals surface area contributed by atoms with E-state index in [1.807, 2.05) is 6.92 Å². The molecule has 0 aliphatic rings. The lowest BCUT2D eigenvalue weighted by Crippen LogP contribution is -2.06. The van der Waals surface area contributed by atoms with Crippen LogP contribution in [0.3, 0.4) is 0 Å². The van der Waals surface area contributed by atoms with E-state index in [4.69, 9.17) is 11.6 Å². The molecule has 76 valence electrons. The molecule has 0 bridgehead atoms. The van der Waals surface area contributed by atoms with Crippen molar-refractivity contribution in [1.29, 1.82) is 0 Å². The zero-order valence-corrected chi connectivity index (χ0v) is 8.15. The van der Waals surface area contributed by atoms with Crippen LogP contribution in [0.4, 0.5) is 13.2 Å². The molecule has 0 radical (unpaired) electrons. The summed E-state index contributed by atoms with van der Waals surface area (Å²) in [5, 5.41) is -1.11. The third-order valence-corrected chi connectivity index (χ3v) is 1.96. The van der Waals surface area contributed by atoms with Gasteiger partial charge in [0, 0.05) is 0 Å². The maximum Gasteiger partial charge on any atom is 0.426 e. The second-order valence-electron chi connectivity index (χ2n) is 2.90. The van der Waals surface area contributed by atoms with E-state index < -0.39 is 11.2 Å². The van der Waals surface area contributed by atoms with E-state index in [2.05, 4.69) is 0 Å². The van der Waals surface area contributed by atoms with Gasteiger partial charge in [0.1, 0.15) is 5.03 Å². The van der Waals surface area contributed by atoms with Gasteiger partial charge in [-0.25, -0.2) is 0 Å². The van der Waals surface area contributed by atoms with Crippen molar-refractivity contribution in [1.82, 2.24) is 0 Å². The van der Waals surface area contributed by atoms with Crippen molar-refractivity contribution < 1.29 is 13.2 Å². The lowest BCUT2D eigenvalue weighted by Gasteiger charge is -2.03. The Bertz CT molecular complexity index is 335. The third-order valence-electron chi connectivity index (χ3n) is 1.64. The van der Waals surface area contributed by atoms with Gasteiger partial charge in [0.15, 0.2) is 0 Å². The molecule has 0 heterocycles. The van der Waals surface area contributed by atoms with Gasteiger partial charge < -0.3 is 0 Å². The van der Waals surface area contributed by atoms with Crippen LogP contribution in [0.15, 0.2) is 29.3 Å². The molecule has 0 spiro atoms. The zero-order chi connectivity index (χ0) is 10.8. The van der Waals surface area contributed by atoms with Gasteiger partial charge in [-0.15, -0.1) is 0 Å². The maximum absolute atomic E-state index is 12.0. The zero-order valence-electron chi connectivity index (χ0n) is 7.40. The minimum Gasteiger partial charge on any atom is -0.165 e. The highest BCUT2D eigenvalue weighted by Crippen LogP contribution is 2.30. The Balaban J connectivity index is 2.93. The highest BCUT2D eigenvalue weighted by atomic mass is 35.5. The van der Waals surface area contributed by atoms with Gasteiger partial charge in [0.2, 0.25) is 0 Å². The van der Waals surface area contributed by atoms with Crippen LogP contribution in [0.25, 0.3) is 6.08 Å². The summed E-state index contributed by atoms with van der Waals surface area (Å²) in [5.41, 5.74) is 1.43. The Morgan fingerprint density at radius 3 is 2.14 bits per heavy atom. The number of aryl methyl sites for hydroxylation is 1. The van der Waals surface area contributed by atoms with E-state index in [0.29, 0.717) is 5.56 Å². The smallest absolute Gasteiger partial charge is 0.165 e. The Labute approximate surface area is 85.0 Å². The van der Waals surface area contributed by atoms with E-state index in [1.165, 1.54) is 0 Å². The van der Waals surface area contributed by atoms with Crippen LogP contribution in [-0.4, -0.2) is 6.18 Å². The van der Waals surface area contributed by atoms with E-state index in [9.17, 15) is 13.2 Å². The third kappa shape index (κ3) is 3.07. The number of hydrogen-bond donors (Lipinski definition) is 0. The predicted octanol–water partition coefficient (Wildman–Crippen LogP) is 4.14. The monoisotopic (exact) mass is 220 g/mol. The average Bonchev–Trinajstić information content (AvgIpc) is 2.07. The van der Waals surface area contributed by atoms with E-state index in [0.717, 1.165) is 11.6 Å². The van der Waals surface area contributed by atoms with Crippen LogP contribution in [0.1, 0.15) is 11.1 Å². The minimum atomic E-state index is -4.47. The van der Waals surface area contributed by atoms with Crippen LogP contribution in [0, 0.1) is 6.92 Å². The van der Waals surface area contributed by atoms with Crippen LogP contribution in [-0.2, 0) is 0 Å². The Morgan fingerprint density at radius 2 is 1.71 bits per heavy atom. The van der Waals surface area contributed by atoms with Gasteiger partial charge in [-0.2, -0.15) is 13.2 Å². The van der Waals surface area contributed by atoms with Crippen molar-refractivity contribution >= 4 is 17.7 Å². The first kappa shape index (κ1) is 11.1. The summed E-state index contributed by atoms with van der Waals surface area (Å²) in [7, 11) is 0. The molecule has 0 aliphatic heterocycles. The molecule has 0 N–H and O–H groups in total. The first-order valence-electron chi connectivity index (χ1n) is 3.90. The number of allylic oxidation sites excluding steroid dienone is 1. The Hall–Kier alpha value is -0.960. The van der Waals surface area contributed by atoms with Crippen LogP contribution >= 0.6 is 11.6 Å². The fourth-order valence-corrected chi connectivity index (χ4v) is 1.02. The Morgan fingerprint density at radius 1 is 1.21 bits per heavy atom. The molecule has 0 saturated carbocycles. The predicted molar refractivity (Wildman–Crippen MR) is 51.1 cm³/mol. The van der Waals surface area contributed by atoms with Gasteiger partial charge in [-0.05, 0) is 18.6 Å². The molecule has 14 heavy (non-hydrogen) atoms. The van der Waals surface area contributed by atoms with Gasteiger partial charge in [0.25, 0.3) is 0 Å². The average molecular weight is 221 g/mol. The molecule has 1 aromatic carbocycles. The standard InChI is InChI=1S/C10H8ClF3/c1-7-2-4-8(5-3-7)6-9(11)10(12,13)14/h2-6H,1H3. The highest BCUT2D eigenvalue weighted by molar-refractivity contribution is 6.32. The van der Waals surface area contributed by atoms with E-state index in [-0.39, 0.29) is 0 Å². The minimum absolute atomic E-state index is 0.443. The fourth-order valence-electron chi connectivity index (χ4n) is 0.891. The summed E-state index contributed by atoms with van der Waals surface area (Å²) >= 11 is 5.07. The van der Waals surface area contributed by atoms with Gasteiger partial charge in [-0.1, -0.05) is 41.4 Å². The van der Waals surface area contributed by atoms with Gasteiger partial charge >= 0.3 is 6.18 Å². The van der Waals surface area contributed by atoms with Crippen molar-refractivity contribution in [2.75, 3.05) is 0 Å². The van der Waals surface area contributed by atoms with Crippen LogP contribution in [0.2, 0.25) is 0 Å². The first-order chi connectivity index (χ1) is 6.39. The highest BCUT2D eigenvalue weighted by Gasteiger charge is 2.32. The van der Waals surface area contributed by atoms with Crippen LogP contribution in [0.5, 0.6) is 0 Å². The molecule has 0 aliphatic carbocycles. The van der Waals surface area contributed by atoms with Gasteiger partial charge in [0.05, 0.1) is 0 Å². The summed E-state index contributed by atoms with van der Waals surface area (Å²) in [6.07, 6.45) is -3.56. The molecule has 1 rings (SSSR count). The fraction of sp³-hybridized carbons (Fsp3) is 0.200. The second kappa shape index (κ2) is 4.05. The quantitative estimate of drug-likeness (QED) is 0.667. The van der Waals surface area contributed by atoms with Crippen molar-refractivity contribution in [3.8, 4) is 0 Å². The van der Waals surface area contributed by atoms with E-state index in [1.54, 1.807) is 24.3 Å². The molecule has 1 aromatic rings. The van der Waals surface area contributed by atoms with Crippen LogP contribution < -0.4 is 0 Å². The lowest BCUT2D eigenvalue weighted by atomic mass is 10.1. The summed E-state index contributed by atoms with van der Waals surface area (Å²) in [6.45, 7) is 1.86.